The number of benzene rings is 2. The van der Waals surface area contributed by atoms with Gasteiger partial charge in [0.25, 0.3) is 5.91 Å². The number of hydrogen-bond acceptors (Lipinski definition) is 6. The molecule has 0 radical (unpaired) electrons. The highest BCUT2D eigenvalue weighted by atomic mass is 79.9. The van der Waals surface area contributed by atoms with Crippen molar-refractivity contribution in [2.24, 2.45) is 16.7 Å². The van der Waals surface area contributed by atoms with Gasteiger partial charge in [0.05, 0.1) is 0 Å². The van der Waals surface area contributed by atoms with E-state index >= 15 is 0 Å². The van der Waals surface area contributed by atoms with Crippen LogP contribution in [0.2, 0.25) is 0 Å². The van der Waals surface area contributed by atoms with Crippen LogP contribution >= 0.6 is 15.9 Å². The van der Waals surface area contributed by atoms with Gasteiger partial charge in [-0.2, -0.15) is 5.10 Å². The van der Waals surface area contributed by atoms with Crippen LogP contribution in [-0.2, 0) is 17.8 Å². The lowest BCUT2D eigenvalue weighted by Crippen LogP contribution is -2.24. The summed E-state index contributed by atoms with van der Waals surface area (Å²) >= 11 is 3.40. The number of nitrogens with two attached hydrogens (primary N) is 2. The van der Waals surface area contributed by atoms with Crippen molar-refractivity contribution in [2.45, 2.75) is 19.9 Å². The van der Waals surface area contributed by atoms with E-state index in [0.717, 1.165) is 12.0 Å². The molecule has 0 spiro atoms. The van der Waals surface area contributed by atoms with Crippen LogP contribution in [0, 0.1) is 0 Å². The number of nitrogens with one attached hydrogen (secondary N) is 2. The topological polar surface area (TPSA) is 148 Å². The van der Waals surface area contributed by atoms with E-state index in [1.54, 1.807) is 24.3 Å². The van der Waals surface area contributed by atoms with Crippen LogP contribution in [0.15, 0.2) is 70.5 Å². The van der Waals surface area contributed by atoms with Crippen molar-refractivity contribution in [2.75, 3.05) is 5.32 Å². The van der Waals surface area contributed by atoms with Gasteiger partial charge in [-0.25, -0.2) is 9.97 Å². The van der Waals surface area contributed by atoms with Crippen molar-refractivity contribution in [3.05, 3.63) is 87.8 Å². The second-order valence-corrected chi connectivity index (χ2v) is 7.34. The highest BCUT2D eigenvalue weighted by Crippen LogP contribution is 2.11. The number of hydrazone groups is 1. The lowest BCUT2D eigenvalue weighted by molar-refractivity contribution is -0.105. The van der Waals surface area contributed by atoms with Crippen LogP contribution in [0.5, 0.6) is 0 Å². The molecule has 1 heterocycles. The van der Waals surface area contributed by atoms with E-state index in [9.17, 15) is 9.59 Å². The molecule has 0 atom stereocenters. The number of amides is 2. The number of amidine groups is 1. The van der Waals surface area contributed by atoms with Crippen molar-refractivity contribution in [3.63, 3.8) is 0 Å². The third kappa shape index (κ3) is 7.80. The SMILES string of the molecule is CCc1cccc(Br)c1.N/N=C(\N)c1ccc(CNC(=O)c2cc(NC=O)ncn2)cc1. The van der Waals surface area contributed by atoms with Crippen LogP contribution in [0.25, 0.3) is 0 Å². The van der Waals surface area contributed by atoms with E-state index in [-0.39, 0.29) is 23.3 Å². The zero-order valence-electron chi connectivity index (χ0n) is 17.5. The molecule has 0 bridgehead atoms. The fourth-order valence-electron chi connectivity index (χ4n) is 2.52. The summed E-state index contributed by atoms with van der Waals surface area (Å²) < 4.78 is 1.17. The van der Waals surface area contributed by atoms with E-state index in [2.05, 4.69) is 66.8 Å². The Morgan fingerprint density at radius 1 is 1.12 bits per heavy atom. The molecule has 9 nitrogen and oxygen atoms in total. The van der Waals surface area contributed by atoms with Crippen LogP contribution in [0.3, 0.4) is 0 Å². The molecule has 32 heavy (non-hydrogen) atoms. The standard InChI is InChI=1S/C14H15N7O2.C8H9Br/c15-13(21-16)10-3-1-9(2-4-10)6-17-14(23)11-5-12(20-8-22)19-7-18-11;1-2-7-4-3-5-8(9)6-7/h1-5,7-8H,6,16H2,(H2,15,21)(H,17,23)(H,18,19,20,22);3-6H,2H2,1H3. The Kier molecular flexibility index (Phi) is 9.79. The third-order valence-electron chi connectivity index (χ3n) is 4.25. The maximum atomic E-state index is 12.0. The van der Waals surface area contributed by atoms with Gasteiger partial charge in [0.1, 0.15) is 23.7 Å². The number of anilines is 1. The second-order valence-electron chi connectivity index (χ2n) is 6.43. The van der Waals surface area contributed by atoms with Gasteiger partial charge in [-0.15, -0.1) is 0 Å². The van der Waals surface area contributed by atoms with Crippen molar-refractivity contribution in [1.29, 1.82) is 0 Å². The summed E-state index contributed by atoms with van der Waals surface area (Å²) in [6, 6.07) is 16.9. The minimum absolute atomic E-state index is 0.153. The Balaban J connectivity index is 0.000000336. The molecule has 166 valence electrons. The molecule has 10 heteroatoms. The van der Waals surface area contributed by atoms with Gasteiger partial charge in [0.15, 0.2) is 0 Å². The highest BCUT2D eigenvalue weighted by Gasteiger charge is 2.08. The van der Waals surface area contributed by atoms with Crippen LogP contribution < -0.4 is 22.2 Å². The quantitative estimate of drug-likeness (QED) is 0.129. The van der Waals surface area contributed by atoms with Crippen molar-refractivity contribution >= 4 is 39.9 Å². The van der Waals surface area contributed by atoms with Gasteiger partial charge in [0.2, 0.25) is 6.41 Å². The molecule has 3 rings (SSSR count). The Morgan fingerprint density at radius 2 is 1.88 bits per heavy atom. The summed E-state index contributed by atoms with van der Waals surface area (Å²) in [4.78, 5) is 30.0. The average Bonchev–Trinajstić information content (AvgIpc) is 2.83. The van der Waals surface area contributed by atoms with Gasteiger partial charge < -0.3 is 22.2 Å². The molecule has 6 N–H and O–H groups in total. The van der Waals surface area contributed by atoms with Crippen molar-refractivity contribution in [1.82, 2.24) is 15.3 Å². The van der Waals surface area contributed by atoms with Gasteiger partial charge in [-0.05, 0) is 29.7 Å². The fourth-order valence-corrected chi connectivity index (χ4v) is 2.97. The average molecular weight is 498 g/mol. The summed E-state index contributed by atoms with van der Waals surface area (Å²) in [6.45, 7) is 2.46. The molecular formula is C22H24BrN7O2. The van der Waals surface area contributed by atoms with E-state index in [1.807, 2.05) is 6.07 Å². The molecule has 0 saturated heterocycles. The summed E-state index contributed by atoms with van der Waals surface area (Å²) in [5.41, 5.74) is 8.69. The van der Waals surface area contributed by atoms with Gasteiger partial charge in [0, 0.05) is 22.6 Å². The van der Waals surface area contributed by atoms with Crippen LogP contribution in [0.4, 0.5) is 5.82 Å². The number of aromatic nitrogens is 2. The number of hydrogen-bond donors (Lipinski definition) is 4. The minimum Gasteiger partial charge on any atom is -0.382 e. The zero-order valence-corrected chi connectivity index (χ0v) is 19.0. The van der Waals surface area contributed by atoms with Gasteiger partial charge in [-0.1, -0.05) is 59.3 Å². The number of carbonyl (C=O) groups excluding carboxylic acids is 2. The van der Waals surface area contributed by atoms with E-state index in [1.165, 1.54) is 22.4 Å². The summed E-state index contributed by atoms with van der Waals surface area (Å²) in [7, 11) is 0. The fraction of sp³-hybridized carbons (Fsp3) is 0.136. The molecular weight excluding hydrogens is 474 g/mol. The van der Waals surface area contributed by atoms with Crippen molar-refractivity contribution < 1.29 is 9.59 Å². The summed E-state index contributed by atoms with van der Waals surface area (Å²) in [5.74, 6) is 5.21. The normalized spacial score (nSPS) is 10.5. The minimum atomic E-state index is -0.381. The maximum absolute atomic E-state index is 12.0. The predicted octanol–water partition coefficient (Wildman–Crippen LogP) is 2.57. The number of carbonyl (C=O) groups is 2. The van der Waals surface area contributed by atoms with E-state index in [4.69, 9.17) is 11.6 Å². The zero-order chi connectivity index (χ0) is 23.3. The molecule has 0 aliphatic carbocycles. The Labute approximate surface area is 194 Å². The maximum Gasteiger partial charge on any atom is 0.270 e. The molecule has 0 fully saturated rings. The molecule has 2 amide bonds. The first-order chi connectivity index (χ1) is 15.5. The number of nitrogens with zero attached hydrogens (tertiary/aromatic N) is 3. The smallest absolute Gasteiger partial charge is 0.270 e. The molecule has 0 saturated carbocycles. The lowest BCUT2D eigenvalue weighted by Gasteiger charge is -2.06. The molecule has 0 aliphatic rings. The molecule has 0 aliphatic heterocycles. The first-order valence-corrected chi connectivity index (χ1v) is 10.4. The number of rotatable bonds is 7. The molecule has 2 aromatic carbocycles. The van der Waals surface area contributed by atoms with Crippen LogP contribution in [0.1, 0.15) is 34.1 Å². The number of aryl methyl sites for hydroxylation is 1. The molecule has 0 unspecified atom stereocenters. The predicted molar refractivity (Wildman–Crippen MR) is 128 cm³/mol. The first-order valence-electron chi connectivity index (χ1n) is 9.64. The summed E-state index contributed by atoms with van der Waals surface area (Å²) in [6.07, 6.45) is 2.78. The summed E-state index contributed by atoms with van der Waals surface area (Å²) in [5, 5.41) is 8.48. The largest absolute Gasteiger partial charge is 0.382 e. The third-order valence-corrected chi connectivity index (χ3v) is 4.74. The lowest BCUT2D eigenvalue weighted by atomic mass is 10.1. The number of halogens is 1. The monoisotopic (exact) mass is 497 g/mol. The Hall–Kier alpha value is -3.79. The van der Waals surface area contributed by atoms with Gasteiger partial charge >= 0.3 is 0 Å². The Bertz CT molecular complexity index is 1070. The molecule has 3 aromatic rings. The highest BCUT2D eigenvalue weighted by molar-refractivity contribution is 9.10. The van der Waals surface area contributed by atoms with E-state index in [0.29, 0.717) is 18.5 Å². The van der Waals surface area contributed by atoms with Crippen molar-refractivity contribution in [3.8, 4) is 0 Å². The Morgan fingerprint density at radius 3 is 2.47 bits per heavy atom. The first kappa shape index (κ1) is 24.5. The van der Waals surface area contributed by atoms with E-state index < -0.39 is 0 Å². The van der Waals surface area contributed by atoms with Crippen LogP contribution in [-0.4, -0.2) is 28.1 Å². The second kappa shape index (κ2) is 12.8. The molecule has 1 aromatic heterocycles. The van der Waals surface area contributed by atoms with Gasteiger partial charge in [-0.3, -0.25) is 9.59 Å².